The highest BCUT2D eigenvalue weighted by Gasteiger charge is 2.34. The fourth-order valence-corrected chi connectivity index (χ4v) is 4.94. The number of carbonyl (C=O) groups is 1. The van der Waals surface area contributed by atoms with Gasteiger partial charge in [0.15, 0.2) is 0 Å². The van der Waals surface area contributed by atoms with Crippen molar-refractivity contribution in [2.24, 2.45) is 5.92 Å². The van der Waals surface area contributed by atoms with Crippen molar-refractivity contribution in [3.05, 3.63) is 63.6 Å². The quantitative estimate of drug-likeness (QED) is 0.619. The summed E-state index contributed by atoms with van der Waals surface area (Å²) in [5.74, 6) is 0.401. The van der Waals surface area contributed by atoms with Crippen molar-refractivity contribution in [2.75, 3.05) is 38.0 Å². The maximum atomic E-state index is 12.8. The van der Waals surface area contributed by atoms with Gasteiger partial charge < -0.3 is 27.5 Å². The number of hydrogen-bond donors (Lipinski definition) is 2. The van der Waals surface area contributed by atoms with Gasteiger partial charge in [-0.3, -0.25) is 4.90 Å². The predicted octanol–water partition coefficient (Wildman–Crippen LogP) is 0.770. The van der Waals surface area contributed by atoms with Crippen LogP contribution in [-0.2, 0) is 13.1 Å². The first kappa shape index (κ1) is 25.1. The molecule has 1 saturated heterocycles. The Morgan fingerprint density at radius 3 is 2.47 bits per heavy atom. The molecule has 4 rings (SSSR count). The summed E-state index contributed by atoms with van der Waals surface area (Å²) in [5.41, 5.74) is 3.32. The molecule has 1 unspecified atom stereocenters. The van der Waals surface area contributed by atoms with Crippen LogP contribution in [0, 0.1) is 5.92 Å². The van der Waals surface area contributed by atoms with Crippen LogP contribution in [0.15, 0.2) is 42.5 Å². The molecule has 2 amide bonds. The molecule has 2 aliphatic heterocycles. The number of anilines is 1. The molecule has 8 heteroatoms. The molecule has 0 bridgehead atoms. The first-order chi connectivity index (χ1) is 14.9. The summed E-state index contributed by atoms with van der Waals surface area (Å²) in [7, 11) is 0. The Hall–Kier alpha value is -1.50. The van der Waals surface area contributed by atoms with E-state index in [1.165, 1.54) is 11.1 Å². The zero-order valence-electron chi connectivity index (χ0n) is 18.6. The zero-order valence-corrected chi connectivity index (χ0v) is 20.9. The number of urea groups is 1. The van der Waals surface area contributed by atoms with Gasteiger partial charge >= 0.3 is 6.03 Å². The number of para-hydroxylation sites is 1. The second-order valence-electron chi connectivity index (χ2n) is 9.01. The van der Waals surface area contributed by atoms with Crippen LogP contribution >= 0.6 is 23.2 Å². The molecular weight excluding hydrogens is 467 g/mol. The molecule has 2 N–H and O–H groups in total. The molecule has 174 valence electrons. The number of fused-ring (bicyclic) bond motifs is 1. The third kappa shape index (κ3) is 5.89. The molecule has 0 spiro atoms. The van der Waals surface area contributed by atoms with E-state index in [-0.39, 0.29) is 24.5 Å². The Kier molecular flexibility index (Phi) is 8.70. The maximum Gasteiger partial charge on any atom is 0.322 e. The summed E-state index contributed by atoms with van der Waals surface area (Å²) < 4.78 is 0. The summed E-state index contributed by atoms with van der Waals surface area (Å²) in [6.45, 7) is 11.2. The van der Waals surface area contributed by atoms with Crippen molar-refractivity contribution < 1.29 is 22.1 Å². The van der Waals surface area contributed by atoms with Gasteiger partial charge in [0.2, 0.25) is 0 Å². The monoisotopic (exact) mass is 496 g/mol. The average molecular weight is 498 g/mol. The van der Waals surface area contributed by atoms with Crippen molar-refractivity contribution in [2.45, 2.75) is 33.0 Å². The lowest BCUT2D eigenvalue weighted by molar-refractivity contribution is -0.906. The van der Waals surface area contributed by atoms with E-state index in [1.807, 2.05) is 35.2 Å². The smallest absolute Gasteiger partial charge is 0.322 e. The maximum absolute atomic E-state index is 12.8. The molecule has 0 radical (unpaired) electrons. The van der Waals surface area contributed by atoms with Crippen molar-refractivity contribution in [1.82, 2.24) is 9.80 Å². The van der Waals surface area contributed by atoms with Crippen LogP contribution < -0.4 is 22.6 Å². The number of carbonyl (C=O) groups excluding carboxylic acids is 1. The number of halogens is 3. The van der Waals surface area contributed by atoms with E-state index in [4.69, 9.17) is 23.2 Å². The summed E-state index contributed by atoms with van der Waals surface area (Å²) in [5, 5.41) is 4.29. The Labute approximate surface area is 207 Å². The second-order valence-corrected chi connectivity index (χ2v) is 9.82. The van der Waals surface area contributed by atoms with Gasteiger partial charge in [-0.15, -0.1) is 0 Å². The highest BCUT2D eigenvalue weighted by molar-refractivity contribution is 6.42. The summed E-state index contributed by atoms with van der Waals surface area (Å²) in [6, 6.07) is 14.2. The molecule has 2 aromatic carbocycles. The van der Waals surface area contributed by atoms with Gasteiger partial charge in [-0.2, -0.15) is 0 Å². The predicted molar refractivity (Wildman–Crippen MR) is 127 cm³/mol. The van der Waals surface area contributed by atoms with Crippen molar-refractivity contribution in [3.8, 4) is 0 Å². The molecule has 2 aromatic rings. The van der Waals surface area contributed by atoms with E-state index >= 15 is 0 Å². The lowest BCUT2D eigenvalue weighted by atomic mass is 9.99. The number of nitrogens with zero attached hydrogens (tertiary/aromatic N) is 2. The summed E-state index contributed by atoms with van der Waals surface area (Å²) in [6.07, 6.45) is 0. The molecule has 0 aliphatic carbocycles. The van der Waals surface area contributed by atoms with Crippen molar-refractivity contribution in [3.63, 3.8) is 0 Å². The van der Waals surface area contributed by atoms with Gasteiger partial charge in [-0.25, -0.2) is 4.79 Å². The van der Waals surface area contributed by atoms with Crippen LogP contribution in [0.5, 0.6) is 0 Å². The molecular formula is C24H31Cl3N4O. The van der Waals surface area contributed by atoms with Gasteiger partial charge in [0.05, 0.1) is 42.3 Å². The van der Waals surface area contributed by atoms with Gasteiger partial charge in [0.1, 0.15) is 0 Å². The van der Waals surface area contributed by atoms with Crippen LogP contribution in [0.4, 0.5) is 10.5 Å². The van der Waals surface area contributed by atoms with E-state index in [0.717, 1.165) is 45.0 Å². The van der Waals surface area contributed by atoms with Gasteiger partial charge in [0, 0.05) is 25.3 Å². The van der Waals surface area contributed by atoms with Crippen LogP contribution in [-0.4, -0.2) is 54.6 Å². The minimum absolute atomic E-state index is 0. The molecule has 1 fully saturated rings. The third-order valence-corrected chi connectivity index (χ3v) is 7.22. The van der Waals surface area contributed by atoms with E-state index in [0.29, 0.717) is 22.5 Å². The van der Waals surface area contributed by atoms with E-state index < -0.39 is 0 Å². The number of quaternary nitrogens is 1. The molecule has 2 heterocycles. The molecule has 1 atom stereocenters. The minimum Gasteiger partial charge on any atom is -1.00 e. The highest BCUT2D eigenvalue weighted by atomic mass is 35.5. The number of benzene rings is 2. The molecule has 5 nitrogen and oxygen atoms in total. The first-order valence-corrected chi connectivity index (χ1v) is 11.8. The van der Waals surface area contributed by atoms with E-state index in [9.17, 15) is 4.79 Å². The van der Waals surface area contributed by atoms with Crippen LogP contribution in [0.1, 0.15) is 25.0 Å². The van der Waals surface area contributed by atoms with E-state index in [1.54, 1.807) is 4.90 Å². The SMILES string of the molecule is CC(C)C(C[NH+]1CCN(Cc2ccc(Cl)c(Cl)c2)CC1)N1Cc2ccccc2NC1=O.[Cl-]. The van der Waals surface area contributed by atoms with Gasteiger partial charge in [-0.1, -0.05) is 61.3 Å². The average Bonchev–Trinajstić information content (AvgIpc) is 2.75. The Morgan fingerprint density at radius 1 is 1.06 bits per heavy atom. The number of hydrogen-bond acceptors (Lipinski definition) is 2. The zero-order chi connectivity index (χ0) is 22.0. The standard InChI is InChI=1S/C24H30Cl2N4O.ClH/c1-17(2)23(30-15-19-5-3-4-6-22(19)27-24(30)31)16-29-11-9-28(10-12-29)14-18-7-8-20(25)21(26)13-18;/h3-8,13,17,23H,9-12,14-16H2,1-2H3,(H,27,31);1H. The topological polar surface area (TPSA) is 40.0 Å². The minimum atomic E-state index is 0. The van der Waals surface area contributed by atoms with Crippen LogP contribution in [0.25, 0.3) is 0 Å². The van der Waals surface area contributed by atoms with Gasteiger partial charge in [0.25, 0.3) is 0 Å². The number of piperazine rings is 1. The summed E-state index contributed by atoms with van der Waals surface area (Å²) in [4.78, 5) is 18.9. The molecule has 2 aliphatic rings. The Morgan fingerprint density at radius 2 is 1.78 bits per heavy atom. The first-order valence-electron chi connectivity index (χ1n) is 11.1. The van der Waals surface area contributed by atoms with Crippen molar-refractivity contribution in [1.29, 1.82) is 0 Å². The van der Waals surface area contributed by atoms with Crippen LogP contribution in [0.2, 0.25) is 10.0 Å². The molecule has 0 saturated carbocycles. The lowest BCUT2D eigenvalue weighted by Crippen LogP contribution is -3.16. The van der Waals surface area contributed by atoms with Crippen LogP contribution in [0.3, 0.4) is 0 Å². The normalized spacial score (nSPS) is 18.2. The lowest BCUT2D eigenvalue weighted by Gasteiger charge is -2.40. The van der Waals surface area contributed by atoms with E-state index in [2.05, 4.69) is 36.2 Å². The fraction of sp³-hybridized carbons (Fsp3) is 0.458. The largest absolute Gasteiger partial charge is 1.00 e. The number of nitrogens with one attached hydrogen (secondary N) is 2. The fourth-order valence-electron chi connectivity index (χ4n) is 4.62. The Bertz CT molecular complexity index is 931. The van der Waals surface area contributed by atoms with Gasteiger partial charge in [-0.05, 0) is 35.2 Å². The number of rotatable bonds is 6. The Balaban J connectivity index is 0.00000289. The summed E-state index contributed by atoms with van der Waals surface area (Å²) >= 11 is 12.2. The highest BCUT2D eigenvalue weighted by Crippen LogP contribution is 2.26. The second kappa shape index (κ2) is 11.1. The van der Waals surface area contributed by atoms with Crippen molar-refractivity contribution >= 4 is 34.9 Å². The molecule has 0 aromatic heterocycles. The third-order valence-electron chi connectivity index (χ3n) is 6.48. The molecule has 32 heavy (non-hydrogen) atoms. The number of amides is 2.